The molecule has 0 bridgehead atoms. The molecular weight excluding hydrogens is 240 g/mol. The van der Waals surface area contributed by atoms with Gasteiger partial charge in [-0.2, -0.15) is 0 Å². The van der Waals surface area contributed by atoms with Crippen LogP contribution in [0.4, 0.5) is 5.69 Å². The molecule has 1 saturated carbocycles. The maximum absolute atomic E-state index is 11.0. The van der Waals surface area contributed by atoms with Crippen LogP contribution in [0.1, 0.15) is 38.2 Å². The lowest BCUT2D eigenvalue weighted by Gasteiger charge is -2.33. The van der Waals surface area contributed by atoms with E-state index in [1.165, 1.54) is 25.7 Å². The summed E-state index contributed by atoms with van der Waals surface area (Å²) in [6.45, 7) is 2.97. The first-order valence-electron chi connectivity index (χ1n) is 7.00. The fourth-order valence-corrected chi connectivity index (χ4v) is 2.90. The van der Waals surface area contributed by atoms with E-state index < -0.39 is 0 Å². The molecule has 0 unspecified atom stereocenters. The number of nitrogens with zero attached hydrogens (tertiary/aromatic N) is 2. The molecule has 4 heteroatoms. The van der Waals surface area contributed by atoms with E-state index in [4.69, 9.17) is 0 Å². The third-order valence-electron chi connectivity index (χ3n) is 4.22. The van der Waals surface area contributed by atoms with Gasteiger partial charge in [0, 0.05) is 24.2 Å². The predicted molar refractivity (Wildman–Crippen MR) is 76.0 cm³/mol. The van der Waals surface area contributed by atoms with E-state index in [-0.39, 0.29) is 10.6 Å². The van der Waals surface area contributed by atoms with Gasteiger partial charge in [-0.1, -0.05) is 25.1 Å². The molecule has 0 N–H and O–H groups in total. The zero-order valence-corrected chi connectivity index (χ0v) is 11.7. The molecule has 0 radical (unpaired) electrons. The first-order valence-corrected chi connectivity index (χ1v) is 7.00. The number of benzene rings is 1. The molecule has 0 amide bonds. The van der Waals surface area contributed by atoms with Crippen LogP contribution in [-0.2, 0) is 6.54 Å². The largest absolute Gasteiger partial charge is 0.299 e. The third kappa shape index (κ3) is 3.53. The predicted octanol–water partition coefficient (Wildman–Crippen LogP) is 3.61. The SMILES string of the molecule is CC1CCC(N(C)Cc2ccccc2[N+](=O)[O-])CC1. The summed E-state index contributed by atoms with van der Waals surface area (Å²) in [6.07, 6.45) is 4.95. The Kier molecular flexibility index (Phi) is 4.53. The number of hydrogen-bond acceptors (Lipinski definition) is 3. The smallest absolute Gasteiger partial charge is 0.273 e. The van der Waals surface area contributed by atoms with Crippen LogP contribution in [0.25, 0.3) is 0 Å². The normalized spacial score (nSPS) is 23.5. The highest BCUT2D eigenvalue weighted by molar-refractivity contribution is 5.39. The van der Waals surface area contributed by atoms with Gasteiger partial charge in [-0.3, -0.25) is 15.0 Å². The molecule has 0 aliphatic heterocycles. The summed E-state index contributed by atoms with van der Waals surface area (Å²) in [5.74, 6) is 0.829. The molecule has 1 fully saturated rings. The van der Waals surface area contributed by atoms with Crippen molar-refractivity contribution < 1.29 is 4.92 Å². The number of para-hydroxylation sites is 1. The van der Waals surface area contributed by atoms with Gasteiger partial charge in [0.05, 0.1) is 4.92 Å². The Bertz CT molecular complexity index is 440. The number of rotatable bonds is 4. The molecule has 1 aliphatic rings. The molecule has 104 valence electrons. The first-order chi connectivity index (χ1) is 9.08. The second-order valence-corrected chi connectivity index (χ2v) is 5.71. The van der Waals surface area contributed by atoms with Crippen LogP contribution in [0, 0.1) is 16.0 Å². The minimum Gasteiger partial charge on any atom is -0.299 e. The van der Waals surface area contributed by atoms with Gasteiger partial charge < -0.3 is 0 Å². The fraction of sp³-hybridized carbons (Fsp3) is 0.600. The van der Waals surface area contributed by atoms with E-state index in [2.05, 4.69) is 18.9 Å². The summed E-state index contributed by atoms with van der Waals surface area (Å²) >= 11 is 0. The standard InChI is InChI=1S/C15H22N2O2/c1-12-7-9-14(10-8-12)16(2)11-13-5-3-4-6-15(13)17(18)19/h3-6,12,14H,7-11H2,1-2H3. The summed E-state index contributed by atoms with van der Waals surface area (Å²) in [6, 6.07) is 7.62. The highest BCUT2D eigenvalue weighted by atomic mass is 16.6. The highest BCUT2D eigenvalue weighted by Gasteiger charge is 2.23. The lowest BCUT2D eigenvalue weighted by Crippen LogP contribution is -2.34. The van der Waals surface area contributed by atoms with Crippen LogP contribution in [0.5, 0.6) is 0 Å². The van der Waals surface area contributed by atoms with Crippen LogP contribution in [0.15, 0.2) is 24.3 Å². The van der Waals surface area contributed by atoms with Crippen molar-refractivity contribution in [1.82, 2.24) is 4.90 Å². The van der Waals surface area contributed by atoms with Gasteiger partial charge in [-0.25, -0.2) is 0 Å². The van der Waals surface area contributed by atoms with Crippen LogP contribution >= 0.6 is 0 Å². The zero-order chi connectivity index (χ0) is 13.8. The van der Waals surface area contributed by atoms with E-state index in [9.17, 15) is 10.1 Å². The molecule has 0 aromatic heterocycles. The van der Waals surface area contributed by atoms with E-state index in [0.29, 0.717) is 12.6 Å². The van der Waals surface area contributed by atoms with E-state index in [1.54, 1.807) is 12.1 Å². The van der Waals surface area contributed by atoms with Crippen molar-refractivity contribution in [3.05, 3.63) is 39.9 Å². The molecule has 0 spiro atoms. The van der Waals surface area contributed by atoms with Crippen molar-refractivity contribution in [3.63, 3.8) is 0 Å². The van der Waals surface area contributed by atoms with Crippen molar-refractivity contribution >= 4 is 5.69 Å². The van der Waals surface area contributed by atoms with Crippen molar-refractivity contribution in [1.29, 1.82) is 0 Å². The number of nitro groups is 1. The second kappa shape index (κ2) is 6.15. The first kappa shape index (κ1) is 14.0. The maximum Gasteiger partial charge on any atom is 0.273 e. The molecule has 1 aromatic rings. The minimum absolute atomic E-state index is 0.235. The molecular formula is C15H22N2O2. The topological polar surface area (TPSA) is 46.4 Å². The van der Waals surface area contributed by atoms with Gasteiger partial charge in [0.15, 0.2) is 0 Å². The van der Waals surface area contributed by atoms with Gasteiger partial charge in [0.2, 0.25) is 0 Å². The molecule has 0 atom stereocenters. The summed E-state index contributed by atoms with van der Waals surface area (Å²) in [4.78, 5) is 13.0. The second-order valence-electron chi connectivity index (χ2n) is 5.71. The average Bonchev–Trinajstić information content (AvgIpc) is 2.39. The molecule has 1 aromatic carbocycles. The van der Waals surface area contributed by atoms with E-state index in [1.807, 2.05) is 12.1 Å². The lowest BCUT2D eigenvalue weighted by atomic mass is 9.86. The Morgan fingerprint density at radius 1 is 1.26 bits per heavy atom. The van der Waals surface area contributed by atoms with Crippen molar-refractivity contribution in [3.8, 4) is 0 Å². The summed E-state index contributed by atoms with van der Waals surface area (Å²) in [5.41, 5.74) is 1.05. The maximum atomic E-state index is 11.0. The van der Waals surface area contributed by atoms with Crippen LogP contribution < -0.4 is 0 Å². The number of nitro benzene ring substituents is 1. The molecule has 1 aliphatic carbocycles. The van der Waals surface area contributed by atoms with E-state index in [0.717, 1.165) is 11.5 Å². The monoisotopic (exact) mass is 262 g/mol. The lowest BCUT2D eigenvalue weighted by molar-refractivity contribution is -0.385. The molecule has 0 heterocycles. The Morgan fingerprint density at radius 2 is 1.89 bits per heavy atom. The Balaban J connectivity index is 2.02. The summed E-state index contributed by atoms with van der Waals surface area (Å²) < 4.78 is 0. The van der Waals surface area contributed by atoms with Crippen LogP contribution in [0.3, 0.4) is 0 Å². The van der Waals surface area contributed by atoms with Gasteiger partial charge in [0.25, 0.3) is 5.69 Å². The van der Waals surface area contributed by atoms with Gasteiger partial charge in [-0.15, -0.1) is 0 Å². The molecule has 2 rings (SSSR count). The van der Waals surface area contributed by atoms with Crippen molar-refractivity contribution in [2.24, 2.45) is 5.92 Å². The third-order valence-corrected chi connectivity index (χ3v) is 4.22. The quantitative estimate of drug-likeness (QED) is 0.615. The van der Waals surface area contributed by atoms with Gasteiger partial charge in [0.1, 0.15) is 0 Å². The van der Waals surface area contributed by atoms with Gasteiger partial charge in [-0.05, 0) is 38.6 Å². The molecule has 19 heavy (non-hydrogen) atoms. The summed E-state index contributed by atoms with van der Waals surface area (Å²) in [5, 5.41) is 11.0. The number of hydrogen-bond donors (Lipinski definition) is 0. The van der Waals surface area contributed by atoms with E-state index >= 15 is 0 Å². The zero-order valence-electron chi connectivity index (χ0n) is 11.7. The molecule has 0 saturated heterocycles. The Labute approximate surface area is 114 Å². The summed E-state index contributed by atoms with van der Waals surface area (Å²) in [7, 11) is 2.08. The van der Waals surface area contributed by atoms with Crippen LogP contribution in [-0.4, -0.2) is 22.9 Å². The fourth-order valence-electron chi connectivity index (χ4n) is 2.90. The van der Waals surface area contributed by atoms with Crippen LogP contribution in [0.2, 0.25) is 0 Å². The highest BCUT2D eigenvalue weighted by Crippen LogP contribution is 2.28. The average molecular weight is 262 g/mol. The molecule has 4 nitrogen and oxygen atoms in total. The van der Waals surface area contributed by atoms with Crippen molar-refractivity contribution in [2.75, 3.05) is 7.05 Å². The minimum atomic E-state index is -0.286. The van der Waals surface area contributed by atoms with Crippen molar-refractivity contribution in [2.45, 2.75) is 45.2 Å². The van der Waals surface area contributed by atoms with Gasteiger partial charge >= 0.3 is 0 Å². The Morgan fingerprint density at radius 3 is 2.53 bits per heavy atom. The Hall–Kier alpha value is -1.42.